The van der Waals surface area contributed by atoms with Gasteiger partial charge >= 0.3 is 0 Å². The molecule has 4 aromatic rings. The Hall–Kier alpha value is -2.90. The van der Waals surface area contributed by atoms with Crippen LogP contribution in [0.15, 0.2) is 61.2 Å². The van der Waals surface area contributed by atoms with Crippen LogP contribution in [0.25, 0.3) is 21.3 Å². The first-order valence-electron chi connectivity index (χ1n) is 8.35. The minimum atomic E-state index is 0.0858. The maximum absolute atomic E-state index is 5.92. The second kappa shape index (κ2) is 7.55. The Kier molecular flexibility index (Phi) is 4.81. The van der Waals surface area contributed by atoms with Crippen LogP contribution in [-0.2, 0) is 6.42 Å². The molecule has 0 aliphatic heterocycles. The van der Waals surface area contributed by atoms with E-state index in [1.165, 1.54) is 11.3 Å². The largest absolute Gasteiger partial charge is 0.356 e. The fourth-order valence-corrected chi connectivity index (χ4v) is 3.60. The van der Waals surface area contributed by atoms with E-state index in [9.17, 15) is 0 Å². The van der Waals surface area contributed by atoms with Crippen molar-refractivity contribution in [3.63, 3.8) is 0 Å². The van der Waals surface area contributed by atoms with E-state index in [1.54, 1.807) is 12.4 Å². The zero-order valence-corrected chi connectivity index (χ0v) is 14.9. The van der Waals surface area contributed by atoms with Crippen molar-refractivity contribution in [2.24, 2.45) is 5.73 Å². The van der Waals surface area contributed by atoms with Gasteiger partial charge in [-0.3, -0.25) is 9.97 Å². The van der Waals surface area contributed by atoms with Gasteiger partial charge in [0.2, 0.25) is 5.13 Å². The van der Waals surface area contributed by atoms with E-state index >= 15 is 0 Å². The third-order valence-corrected chi connectivity index (χ3v) is 5.03. The highest BCUT2D eigenvalue weighted by Crippen LogP contribution is 2.29. The number of fused-ring (bicyclic) bond motifs is 1. The smallest absolute Gasteiger partial charge is 0.206 e. The van der Waals surface area contributed by atoms with Gasteiger partial charge in [0.15, 0.2) is 0 Å². The molecule has 0 bridgehead atoms. The normalized spacial score (nSPS) is 12.2. The maximum Gasteiger partial charge on any atom is 0.206 e. The van der Waals surface area contributed by atoms with Crippen LogP contribution in [0.5, 0.6) is 0 Å². The Morgan fingerprint density at radius 1 is 1.00 bits per heavy atom. The molecule has 0 unspecified atom stereocenters. The molecule has 1 aromatic carbocycles. The monoisotopic (exact) mass is 362 g/mol. The molecule has 3 heterocycles. The average Bonchev–Trinajstić information content (AvgIpc) is 3.16. The molecule has 0 fully saturated rings. The number of anilines is 1. The molecule has 6 nitrogen and oxygen atoms in total. The topological polar surface area (TPSA) is 89.6 Å². The standard InChI is InChI=1S/C19H18N6S/c20-10-17(8-13-2-1-6-21-11-13)23-19-25-24-18(26-19)15-3-4-16-12-22-7-5-14(16)9-15/h1-7,9,11-12,17H,8,10,20H2,(H,23,25)/t17-/m1/s1. The van der Waals surface area contributed by atoms with E-state index in [0.29, 0.717) is 6.54 Å². The van der Waals surface area contributed by atoms with E-state index < -0.39 is 0 Å². The summed E-state index contributed by atoms with van der Waals surface area (Å²) in [6.45, 7) is 0.507. The first-order valence-corrected chi connectivity index (χ1v) is 9.16. The second-order valence-corrected chi connectivity index (χ2v) is 6.97. The molecule has 0 radical (unpaired) electrons. The van der Waals surface area contributed by atoms with Crippen molar-refractivity contribution in [1.29, 1.82) is 0 Å². The van der Waals surface area contributed by atoms with Crippen molar-refractivity contribution in [2.75, 3.05) is 11.9 Å². The molecule has 0 saturated carbocycles. The molecule has 1 atom stereocenters. The minimum absolute atomic E-state index is 0.0858. The SMILES string of the molecule is NC[C@@H](Cc1cccnc1)Nc1nnc(-c2ccc3cnccc3c2)s1. The van der Waals surface area contributed by atoms with E-state index in [-0.39, 0.29) is 6.04 Å². The maximum atomic E-state index is 5.92. The van der Waals surface area contributed by atoms with Crippen molar-refractivity contribution in [3.05, 3.63) is 66.7 Å². The molecular formula is C19H18N6S. The molecule has 3 N–H and O–H groups in total. The van der Waals surface area contributed by atoms with Crippen LogP contribution in [0.4, 0.5) is 5.13 Å². The van der Waals surface area contributed by atoms with Crippen molar-refractivity contribution < 1.29 is 0 Å². The third kappa shape index (κ3) is 3.68. The number of pyridine rings is 2. The van der Waals surface area contributed by atoms with Gasteiger partial charge in [-0.15, -0.1) is 10.2 Å². The Bertz CT molecular complexity index is 1000. The van der Waals surface area contributed by atoms with Gasteiger partial charge in [0.1, 0.15) is 5.01 Å². The highest BCUT2D eigenvalue weighted by molar-refractivity contribution is 7.18. The summed E-state index contributed by atoms with van der Waals surface area (Å²) < 4.78 is 0. The first-order chi connectivity index (χ1) is 12.8. The van der Waals surface area contributed by atoms with Gasteiger partial charge in [0, 0.05) is 48.3 Å². The summed E-state index contributed by atoms with van der Waals surface area (Å²) in [5, 5.41) is 15.9. The summed E-state index contributed by atoms with van der Waals surface area (Å²) in [4.78, 5) is 8.29. The fraction of sp³-hybridized carbons (Fsp3) is 0.158. The summed E-state index contributed by atoms with van der Waals surface area (Å²) in [7, 11) is 0. The van der Waals surface area contributed by atoms with Crippen LogP contribution in [0.1, 0.15) is 5.56 Å². The van der Waals surface area contributed by atoms with Gasteiger partial charge < -0.3 is 11.1 Å². The highest BCUT2D eigenvalue weighted by Gasteiger charge is 2.12. The minimum Gasteiger partial charge on any atom is -0.356 e. The summed E-state index contributed by atoms with van der Waals surface area (Å²) in [6.07, 6.45) is 8.08. The third-order valence-electron chi connectivity index (χ3n) is 4.13. The molecular weight excluding hydrogens is 344 g/mol. The Morgan fingerprint density at radius 2 is 1.92 bits per heavy atom. The number of nitrogens with zero attached hydrogens (tertiary/aromatic N) is 4. The van der Waals surface area contributed by atoms with Gasteiger partial charge in [0.05, 0.1) is 0 Å². The molecule has 7 heteroatoms. The summed E-state index contributed by atoms with van der Waals surface area (Å²) in [6, 6.07) is 12.3. The number of aromatic nitrogens is 4. The lowest BCUT2D eigenvalue weighted by molar-refractivity contribution is 0.719. The lowest BCUT2D eigenvalue weighted by Gasteiger charge is -2.15. The summed E-state index contributed by atoms with van der Waals surface area (Å²) in [5.41, 5.74) is 8.11. The van der Waals surface area contributed by atoms with E-state index in [0.717, 1.165) is 38.5 Å². The van der Waals surface area contributed by atoms with Gasteiger partial charge in [-0.25, -0.2) is 0 Å². The highest BCUT2D eigenvalue weighted by atomic mass is 32.1. The number of hydrogen-bond donors (Lipinski definition) is 2. The lowest BCUT2D eigenvalue weighted by Crippen LogP contribution is -2.31. The van der Waals surface area contributed by atoms with E-state index in [1.807, 2.05) is 36.7 Å². The van der Waals surface area contributed by atoms with Crippen LogP contribution in [0, 0.1) is 0 Å². The number of rotatable bonds is 6. The molecule has 0 saturated heterocycles. The van der Waals surface area contributed by atoms with Crippen molar-refractivity contribution in [3.8, 4) is 10.6 Å². The number of benzene rings is 1. The Balaban J connectivity index is 1.51. The van der Waals surface area contributed by atoms with Gasteiger partial charge in [0.25, 0.3) is 0 Å². The van der Waals surface area contributed by atoms with Crippen molar-refractivity contribution in [2.45, 2.75) is 12.5 Å². The van der Waals surface area contributed by atoms with Crippen LogP contribution in [0.3, 0.4) is 0 Å². The van der Waals surface area contributed by atoms with Gasteiger partial charge in [-0.05, 0) is 35.6 Å². The molecule has 3 aromatic heterocycles. The molecule has 130 valence electrons. The fourth-order valence-electron chi connectivity index (χ4n) is 2.79. The van der Waals surface area contributed by atoms with Gasteiger partial charge in [-0.2, -0.15) is 0 Å². The zero-order valence-electron chi connectivity index (χ0n) is 14.0. The van der Waals surface area contributed by atoms with Crippen molar-refractivity contribution >= 4 is 27.2 Å². The number of nitrogens with two attached hydrogens (primary N) is 1. The van der Waals surface area contributed by atoms with Gasteiger partial charge in [-0.1, -0.05) is 29.5 Å². The number of hydrogen-bond acceptors (Lipinski definition) is 7. The van der Waals surface area contributed by atoms with Crippen LogP contribution in [0.2, 0.25) is 0 Å². The van der Waals surface area contributed by atoms with Crippen LogP contribution >= 0.6 is 11.3 Å². The lowest BCUT2D eigenvalue weighted by atomic mass is 10.1. The van der Waals surface area contributed by atoms with Crippen LogP contribution < -0.4 is 11.1 Å². The molecule has 0 aliphatic carbocycles. The summed E-state index contributed by atoms with van der Waals surface area (Å²) in [5.74, 6) is 0. The predicted octanol–water partition coefficient (Wildman–Crippen LogP) is 3.13. The molecule has 0 aliphatic rings. The predicted molar refractivity (Wildman–Crippen MR) is 105 cm³/mol. The molecule has 0 spiro atoms. The molecule has 0 amide bonds. The Morgan fingerprint density at radius 3 is 2.77 bits per heavy atom. The van der Waals surface area contributed by atoms with E-state index in [4.69, 9.17) is 5.73 Å². The summed E-state index contributed by atoms with van der Waals surface area (Å²) >= 11 is 1.53. The first kappa shape index (κ1) is 16.6. The quantitative estimate of drug-likeness (QED) is 0.548. The average molecular weight is 362 g/mol. The zero-order chi connectivity index (χ0) is 17.8. The van der Waals surface area contributed by atoms with Crippen LogP contribution in [-0.4, -0.2) is 32.8 Å². The van der Waals surface area contributed by atoms with Crippen molar-refractivity contribution in [1.82, 2.24) is 20.2 Å². The molecule has 4 rings (SSSR count). The second-order valence-electron chi connectivity index (χ2n) is 5.99. The van der Waals surface area contributed by atoms with E-state index in [2.05, 4.69) is 37.6 Å². The Labute approximate surface area is 155 Å². The number of nitrogens with one attached hydrogen (secondary N) is 1. The molecule has 26 heavy (non-hydrogen) atoms.